The fraction of sp³-hybridized carbons (Fsp3) is 0.529. The van der Waals surface area contributed by atoms with Gasteiger partial charge in [-0.2, -0.15) is 0 Å². The van der Waals surface area contributed by atoms with Gasteiger partial charge in [-0.3, -0.25) is 0 Å². The van der Waals surface area contributed by atoms with Gasteiger partial charge in [-0.15, -0.1) is 0 Å². The normalized spacial score (nSPS) is 42.6. The van der Waals surface area contributed by atoms with Gasteiger partial charge in [0.05, 0.1) is 0 Å². The van der Waals surface area contributed by atoms with Crippen LogP contribution in [0, 0.1) is 11.8 Å². The molecule has 8 nitrogen and oxygen atoms in total. The van der Waals surface area contributed by atoms with Crippen molar-refractivity contribution >= 4 is 0 Å². The summed E-state index contributed by atoms with van der Waals surface area (Å²) in [4.78, 5) is 4.87. The Morgan fingerprint density at radius 1 is 0.667 bits per heavy atom. The molecule has 0 amide bonds. The number of ether oxygens (including phenoxy) is 2. The quantitative estimate of drug-likeness (QED) is 0.358. The first-order valence-electron chi connectivity index (χ1n) is 15.4. The molecule has 10 atom stereocenters. The maximum atomic E-state index is 10.4. The van der Waals surface area contributed by atoms with Crippen molar-refractivity contribution in [3.8, 4) is 23.0 Å². The summed E-state index contributed by atoms with van der Waals surface area (Å²) in [6.07, 6.45) is 10.4. The molecule has 220 valence electrons. The summed E-state index contributed by atoms with van der Waals surface area (Å²) < 4.78 is 12.2. The van der Waals surface area contributed by atoms with E-state index in [1.54, 1.807) is 12.1 Å². The van der Waals surface area contributed by atoms with E-state index in [1.165, 1.54) is 22.3 Å². The molecule has 2 aromatic rings. The van der Waals surface area contributed by atoms with E-state index < -0.39 is 12.2 Å². The Hall–Kier alpha value is -3.04. The molecule has 42 heavy (non-hydrogen) atoms. The standard InChI is InChI=1S/2C17H19NO3/c2*1-18-7-6-17-10-3-5-13(20)16(17)21-15-12(19)4-2-9(14(15)17)8-11(10)18/h2*2-5,10-11,13,16,19-20H,6-8H2,1H3/t2*10-,11+,13-,16-,17-/m00/s1. The first-order chi connectivity index (χ1) is 20.3. The fourth-order valence-electron chi connectivity index (χ4n) is 10.5. The summed E-state index contributed by atoms with van der Waals surface area (Å²) in [5, 5.41) is 41.3. The number of aromatic hydroxyl groups is 2. The number of aliphatic hydroxyl groups excluding tert-OH is 2. The van der Waals surface area contributed by atoms with Gasteiger partial charge in [-0.25, -0.2) is 0 Å². The topological polar surface area (TPSA) is 106 Å². The number of hydrogen-bond acceptors (Lipinski definition) is 8. The van der Waals surface area contributed by atoms with Crippen LogP contribution < -0.4 is 9.47 Å². The third-order valence-corrected chi connectivity index (χ3v) is 12.3. The van der Waals surface area contributed by atoms with Crippen LogP contribution in [-0.4, -0.2) is 93.9 Å². The van der Waals surface area contributed by atoms with Crippen LogP contribution in [0.1, 0.15) is 35.1 Å². The second kappa shape index (κ2) is 8.32. The van der Waals surface area contributed by atoms with Crippen LogP contribution >= 0.6 is 0 Å². The first-order valence-corrected chi connectivity index (χ1v) is 15.4. The number of hydrogen-bond donors (Lipinski definition) is 4. The molecule has 8 aliphatic rings. The molecule has 4 bridgehead atoms. The summed E-state index contributed by atoms with van der Waals surface area (Å²) in [7, 11) is 4.38. The van der Waals surface area contributed by atoms with E-state index in [1.807, 2.05) is 24.3 Å². The number of aliphatic hydroxyl groups is 2. The number of benzene rings is 2. The highest BCUT2D eigenvalue weighted by molar-refractivity contribution is 5.63. The van der Waals surface area contributed by atoms with Gasteiger partial charge in [0.2, 0.25) is 0 Å². The smallest absolute Gasteiger partial charge is 0.165 e. The minimum absolute atomic E-state index is 0.160. The minimum Gasteiger partial charge on any atom is -0.504 e. The monoisotopic (exact) mass is 570 g/mol. The lowest BCUT2D eigenvalue weighted by atomic mass is 9.53. The maximum absolute atomic E-state index is 10.4. The summed E-state index contributed by atoms with van der Waals surface area (Å²) in [6, 6.07) is 8.45. The Balaban J connectivity index is 0.000000119. The highest BCUT2D eigenvalue weighted by atomic mass is 16.5. The van der Waals surface area contributed by atoms with Gasteiger partial charge < -0.3 is 39.7 Å². The highest BCUT2D eigenvalue weighted by Gasteiger charge is 2.65. The van der Waals surface area contributed by atoms with Gasteiger partial charge in [0.15, 0.2) is 23.0 Å². The Morgan fingerprint density at radius 2 is 1.10 bits per heavy atom. The summed E-state index contributed by atoms with van der Waals surface area (Å²) in [5.41, 5.74) is 4.58. The van der Waals surface area contributed by atoms with Crippen molar-refractivity contribution in [3.05, 3.63) is 70.8 Å². The Kier molecular flexibility index (Phi) is 5.04. The van der Waals surface area contributed by atoms with E-state index in [0.29, 0.717) is 35.4 Å². The molecule has 4 heterocycles. The second-order valence-corrected chi connectivity index (χ2v) is 13.9. The molecule has 2 spiro atoms. The zero-order valence-corrected chi connectivity index (χ0v) is 24.0. The zero-order chi connectivity index (χ0) is 28.7. The predicted molar refractivity (Wildman–Crippen MR) is 155 cm³/mol. The predicted octanol–water partition coefficient (Wildman–Crippen LogP) is 2.40. The van der Waals surface area contributed by atoms with Crippen LogP contribution in [0.15, 0.2) is 48.6 Å². The number of rotatable bonds is 0. The Labute approximate surface area is 245 Å². The van der Waals surface area contributed by atoms with Crippen LogP contribution in [0.4, 0.5) is 0 Å². The lowest BCUT2D eigenvalue weighted by Crippen LogP contribution is -2.64. The summed E-state index contributed by atoms with van der Waals surface area (Å²) in [5.74, 6) is 2.38. The van der Waals surface area contributed by atoms with E-state index in [4.69, 9.17) is 9.47 Å². The number of nitrogens with zero attached hydrogens (tertiary/aromatic N) is 2. The molecular weight excluding hydrogens is 532 g/mol. The average Bonchev–Trinajstić information content (AvgIpc) is 3.52. The van der Waals surface area contributed by atoms with Gasteiger partial charge in [-0.1, -0.05) is 36.4 Å². The molecule has 0 unspecified atom stereocenters. The Morgan fingerprint density at radius 3 is 1.52 bits per heavy atom. The van der Waals surface area contributed by atoms with Crippen molar-refractivity contribution < 1.29 is 29.9 Å². The van der Waals surface area contributed by atoms with Crippen molar-refractivity contribution in [2.75, 3.05) is 27.2 Å². The van der Waals surface area contributed by atoms with Crippen LogP contribution in [0.2, 0.25) is 0 Å². The van der Waals surface area contributed by atoms with Crippen LogP contribution in [0.3, 0.4) is 0 Å². The molecule has 10 rings (SSSR count). The van der Waals surface area contributed by atoms with Crippen molar-refractivity contribution in [1.29, 1.82) is 0 Å². The minimum atomic E-state index is -0.594. The molecular formula is C34H38N2O6. The SMILES string of the molecule is CN1CC[C@]23c4c5ccc(O)c4O[C@H]2[C@@H](O)C=C[C@H]3[C@H]1C5.CN1CC[C@]23c4c5ccc(O)c4O[C@H]2[C@@H](O)C=C[C@H]3[C@H]1C5. The summed E-state index contributed by atoms with van der Waals surface area (Å²) >= 11 is 0. The maximum Gasteiger partial charge on any atom is 0.165 e. The van der Waals surface area contributed by atoms with Gasteiger partial charge in [0.1, 0.15) is 24.4 Å². The zero-order valence-electron chi connectivity index (χ0n) is 24.0. The molecule has 4 N–H and O–H groups in total. The van der Waals surface area contributed by atoms with Crippen molar-refractivity contribution in [1.82, 2.24) is 9.80 Å². The van der Waals surface area contributed by atoms with E-state index in [9.17, 15) is 20.4 Å². The molecule has 4 aliphatic heterocycles. The lowest BCUT2D eigenvalue weighted by Gasteiger charge is -2.56. The van der Waals surface area contributed by atoms with E-state index >= 15 is 0 Å². The van der Waals surface area contributed by atoms with Gasteiger partial charge in [0.25, 0.3) is 0 Å². The third kappa shape index (κ3) is 2.87. The van der Waals surface area contributed by atoms with Crippen molar-refractivity contribution in [3.63, 3.8) is 0 Å². The van der Waals surface area contributed by atoms with Gasteiger partial charge in [-0.05, 0) is 76.1 Å². The second-order valence-electron chi connectivity index (χ2n) is 13.9. The van der Waals surface area contributed by atoms with Crippen molar-refractivity contribution in [2.24, 2.45) is 11.8 Å². The molecule has 2 fully saturated rings. The van der Waals surface area contributed by atoms with Crippen LogP contribution in [0.5, 0.6) is 23.0 Å². The highest BCUT2D eigenvalue weighted by Crippen LogP contribution is 2.63. The molecule has 0 saturated carbocycles. The van der Waals surface area contributed by atoms with Crippen LogP contribution in [0.25, 0.3) is 0 Å². The Bertz CT molecular complexity index is 1460. The molecule has 2 saturated heterocycles. The van der Waals surface area contributed by atoms with Gasteiger partial charge >= 0.3 is 0 Å². The lowest BCUT2D eigenvalue weighted by molar-refractivity contribution is -0.0453. The van der Waals surface area contributed by atoms with E-state index in [0.717, 1.165) is 38.8 Å². The fourth-order valence-corrected chi connectivity index (χ4v) is 10.5. The summed E-state index contributed by atoms with van der Waals surface area (Å²) in [6.45, 7) is 2.02. The molecule has 0 aromatic heterocycles. The van der Waals surface area contributed by atoms with Crippen molar-refractivity contribution in [2.45, 2.75) is 73.0 Å². The molecule has 4 aliphatic carbocycles. The van der Waals surface area contributed by atoms with Crippen LogP contribution in [-0.2, 0) is 23.7 Å². The van der Waals surface area contributed by atoms with E-state index in [-0.39, 0.29) is 34.5 Å². The molecule has 8 heteroatoms. The third-order valence-electron chi connectivity index (χ3n) is 12.3. The molecule has 0 radical (unpaired) electrons. The number of piperidine rings is 2. The number of phenols is 2. The first kappa shape index (κ1) is 25.5. The molecule has 2 aromatic carbocycles. The number of phenolic OH excluding ortho intramolecular Hbond substituents is 2. The van der Waals surface area contributed by atoms with Gasteiger partial charge in [0, 0.05) is 45.9 Å². The van der Waals surface area contributed by atoms with E-state index in [2.05, 4.69) is 36.0 Å². The average molecular weight is 571 g/mol. The largest absolute Gasteiger partial charge is 0.504 e. The number of likely N-dealkylation sites (N-methyl/N-ethyl adjacent to an activating group) is 2. The number of likely N-dealkylation sites (tertiary alicyclic amines) is 2.